The third-order valence-electron chi connectivity index (χ3n) is 4.53. The predicted octanol–water partition coefficient (Wildman–Crippen LogP) is 1.94. The smallest absolute Gasteiger partial charge is 0.407 e. The zero-order valence-electron chi connectivity index (χ0n) is 14.6. The molecule has 1 saturated heterocycles. The summed E-state index contributed by atoms with van der Waals surface area (Å²) in [6.45, 7) is 7.07. The summed E-state index contributed by atoms with van der Waals surface area (Å²) in [5.74, 6) is 0.581. The molecule has 1 saturated carbocycles. The Morgan fingerprint density at radius 2 is 1.96 bits per heavy atom. The summed E-state index contributed by atoms with van der Waals surface area (Å²) in [7, 11) is 0. The van der Waals surface area contributed by atoms with E-state index < -0.39 is 5.60 Å². The lowest BCUT2D eigenvalue weighted by molar-refractivity contribution is -0.119. The molecule has 2 fully saturated rings. The van der Waals surface area contributed by atoms with Crippen LogP contribution in [0.4, 0.5) is 4.79 Å². The number of amides is 2. The Morgan fingerprint density at radius 1 is 1.22 bits per heavy atom. The lowest BCUT2D eigenvalue weighted by atomic mass is 9.84. The van der Waals surface area contributed by atoms with Crippen molar-refractivity contribution in [1.29, 1.82) is 0 Å². The van der Waals surface area contributed by atoms with Crippen LogP contribution in [-0.4, -0.2) is 42.8 Å². The van der Waals surface area contributed by atoms with Gasteiger partial charge in [0.25, 0.3) is 0 Å². The first-order valence-electron chi connectivity index (χ1n) is 8.83. The van der Waals surface area contributed by atoms with Crippen molar-refractivity contribution in [2.45, 2.75) is 77.0 Å². The molecule has 1 heterocycles. The molecule has 2 amide bonds. The van der Waals surface area contributed by atoms with Crippen LogP contribution in [0.2, 0.25) is 0 Å². The zero-order chi connectivity index (χ0) is 16.9. The topological polar surface area (TPSA) is 79.5 Å². The van der Waals surface area contributed by atoms with Crippen LogP contribution in [0.1, 0.15) is 59.3 Å². The van der Waals surface area contributed by atoms with Crippen LogP contribution in [0.25, 0.3) is 0 Å². The largest absolute Gasteiger partial charge is 0.444 e. The monoisotopic (exact) mass is 325 g/mol. The first-order chi connectivity index (χ1) is 10.8. The molecular weight excluding hydrogens is 294 g/mol. The summed E-state index contributed by atoms with van der Waals surface area (Å²) in [6.07, 6.45) is 5.88. The Morgan fingerprint density at radius 3 is 2.61 bits per heavy atom. The van der Waals surface area contributed by atoms with Crippen LogP contribution in [0.5, 0.6) is 0 Å². The van der Waals surface area contributed by atoms with Crippen molar-refractivity contribution in [3.63, 3.8) is 0 Å². The van der Waals surface area contributed by atoms with Crippen molar-refractivity contribution in [3.8, 4) is 0 Å². The summed E-state index contributed by atoms with van der Waals surface area (Å²) < 4.78 is 5.30. The Hall–Kier alpha value is -1.30. The average Bonchev–Trinajstić information content (AvgIpc) is 2.87. The number of carbonyl (C=O) groups excluding carboxylic acids is 2. The van der Waals surface area contributed by atoms with E-state index in [4.69, 9.17) is 4.74 Å². The van der Waals surface area contributed by atoms with E-state index in [2.05, 4.69) is 16.0 Å². The van der Waals surface area contributed by atoms with Crippen molar-refractivity contribution in [3.05, 3.63) is 0 Å². The minimum absolute atomic E-state index is 0.156. The van der Waals surface area contributed by atoms with Crippen LogP contribution < -0.4 is 16.0 Å². The summed E-state index contributed by atoms with van der Waals surface area (Å²) in [5, 5.41) is 9.50. The number of rotatable bonds is 5. The number of nitrogens with one attached hydrogen (secondary N) is 3. The van der Waals surface area contributed by atoms with E-state index >= 15 is 0 Å². The van der Waals surface area contributed by atoms with E-state index in [1.165, 1.54) is 12.8 Å². The minimum atomic E-state index is -0.463. The maximum Gasteiger partial charge on any atom is 0.407 e. The molecule has 6 nitrogen and oxygen atoms in total. The second-order valence-corrected chi connectivity index (χ2v) is 7.75. The molecule has 0 aromatic carbocycles. The highest BCUT2D eigenvalue weighted by Gasteiger charge is 2.28. The molecule has 132 valence electrons. The van der Waals surface area contributed by atoms with Gasteiger partial charge in [-0.15, -0.1) is 0 Å². The first-order valence-corrected chi connectivity index (χ1v) is 8.83. The molecule has 0 aromatic heterocycles. The predicted molar refractivity (Wildman–Crippen MR) is 89.2 cm³/mol. The quantitative estimate of drug-likeness (QED) is 0.722. The van der Waals surface area contributed by atoms with Gasteiger partial charge in [-0.25, -0.2) is 4.79 Å². The standard InChI is InChI=1S/C17H31N3O3/c1-17(2,3)23-16(22)19-10-12-6-4-5-7-14(12)18-11-13-8-9-15(21)20-13/h12-14,18H,4-11H2,1-3H3,(H,19,22)(H,20,21). The van der Waals surface area contributed by atoms with Gasteiger partial charge in [-0.1, -0.05) is 12.8 Å². The highest BCUT2D eigenvalue weighted by Crippen LogP contribution is 2.24. The minimum Gasteiger partial charge on any atom is -0.444 e. The number of carbonyl (C=O) groups is 2. The maximum absolute atomic E-state index is 11.8. The van der Waals surface area contributed by atoms with E-state index in [-0.39, 0.29) is 18.0 Å². The van der Waals surface area contributed by atoms with Crippen molar-refractivity contribution in [2.75, 3.05) is 13.1 Å². The molecule has 0 spiro atoms. The van der Waals surface area contributed by atoms with Gasteiger partial charge < -0.3 is 20.7 Å². The first kappa shape index (κ1) is 18.0. The molecule has 3 atom stereocenters. The third-order valence-corrected chi connectivity index (χ3v) is 4.53. The van der Waals surface area contributed by atoms with E-state index in [0.717, 1.165) is 25.8 Å². The average molecular weight is 325 g/mol. The molecule has 3 N–H and O–H groups in total. The Labute approximate surface area is 139 Å². The zero-order valence-corrected chi connectivity index (χ0v) is 14.6. The molecule has 1 aliphatic heterocycles. The summed E-state index contributed by atoms with van der Waals surface area (Å²) in [6, 6.07) is 0.653. The Balaban J connectivity index is 1.74. The van der Waals surface area contributed by atoms with E-state index in [1.807, 2.05) is 20.8 Å². The molecule has 2 rings (SSSR count). The second-order valence-electron chi connectivity index (χ2n) is 7.75. The number of hydrogen-bond donors (Lipinski definition) is 3. The highest BCUT2D eigenvalue weighted by molar-refractivity contribution is 5.78. The van der Waals surface area contributed by atoms with Gasteiger partial charge in [0.15, 0.2) is 0 Å². The molecule has 2 aliphatic rings. The molecule has 0 aromatic rings. The van der Waals surface area contributed by atoms with Crippen molar-refractivity contribution in [2.24, 2.45) is 5.92 Å². The van der Waals surface area contributed by atoms with Gasteiger partial charge in [0.1, 0.15) is 5.60 Å². The van der Waals surface area contributed by atoms with E-state index in [1.54, 1.807) is 0 Å². The Kier molecular flexibility index (Phi) is 6.27. The van der Waals surface area contributed by atoms with Crippen molar-refractivity contribution >= 4 is 12.0 Å². The summed E-state index contributed by atoms with van der Waals surface area (Å²) >= 11 is 0. The van der Waals surface area contributed by atoms with Gasteiger partial charge in [-0.05, 0) is 46.0 Å². The van der Waals surface area contributed by atoms with Gasteiger partial charge in [-0.2, -0.15) is 0 Å². The van der Waals surface area contributed by atoms with Crippen LogP contribution >= 0.6 is 0 Å². The van der Waals surface area contributed by atoms with Gasteiger partial charge in [-0.3, -0.25) is 4.79 Å². The van der Waals surface area contributed by atoms with Crippen molar-refractivity contribution < 1.29 is 14.3 Å². The number of ether oxygens (including phenoxy) is 1. The van der Waals surface area contributed by atoms with Crippen LogP contribution in [-0.2, 0) is 9.53 Å². The third kappa shape index (κ3) is 6.37. The van der Waals surface area contributed by atoms with Crippen LogP contribution in [0.3, 0.4) is 0 Å². The van der Waals surface area contributed by atoms with Gasteiger partial charge in [0, 0.05) is 31.6 Å². The normalized spacial score (nSPS) is 28.3. The Bertz CT molecular complexity index is 420. The molecule has 0 radical (unpaired) electrons. The molecule has 0 bridgehead atoms. The SMILES string of the molecule is CC(C)(C)OC(=O)NCC1CCCCC1NCC1CCC(=O)N1. The fourth-order valence-corrected chi connectivity index (χ4v) is 3.37. The lowest BCUT2D eigenvalue weighted by Gasteiger charge is -2.33. The maximum atomic E-state index is 11.8. The molecular formula is C17H31N3O3. The van der Waals surface area contributed by atoms with E-state index in [9.17, 15) is 9.59 Å². The number of hydrogen-bond acceptors (Lipinski definition) is 4. The molecule has 1 aliphatic carbocycles. The van der Waals surface area contributed by atoms with Gasteiger partial charge in [0.05, 0.1) is 0 Å². The van der Waals surface area contributed by atoms with Crippen molar-refractivity contribution in [1.82, 2.24) is 16.0 Å². The summed E-state index contributed by atoms with van der Waals surface area (Å²) in [4.78, 5) is 23.1. The second kappa shape index (κ2) is 7.99. The number of alkyl carbamates (subject to hydrolysis) is 1. The fourth-order valence-electron chi connectivity index (χ4n) is 3.37. The fraction of sp³-hybridized carbons (Fsp3) is 0.882. The molecule has 3 unspecified atom stereocenters. The lowest BCUT2D eigenvalue weighted by Crippen LogP contribution is -2.48. The summed E-state index contributed by atoms with van der Waals surface area (Å²) in [5.41, 5.74) is -0.463. The van der Waals surface area contributed by atoms with Crippen LogP contribution in [0.15, 0.2) is 0 Å². The molecule has 6 heteroatoms. The van der Waals surface area contributed by atoms with Crippen LogP contribution in [0, 0.1) is 5.92 Å². The molecule has 23 heavy (non-hydrogen) atoms. The van der Waals surface area contributed by atoms with Gasteiger partial charge in [0.2, 0.25) is 5.91 Å². The van der Waals surface area contributed by atoms with E-state index in [0.29, 0.717) is 24.9 Å². The highest BCUT2D eigenvalue weighted by atomic mass is 16.6. The van der Waals surface area contributed by atoms with Gasteiger partial charge >= 0.3 is 6.09 Å².